The van der Waals surface area contributed by atoms with Gasteiger partial charge in [-0.2, -0.15) is 0 Å². The average Bonchev–Trinajstić information content (AvgIpc) is 2.82. The normalized spacial score (nSPS) is 10.9. The molecule has 0 aliphatic heterocycles. The maximum Gasteiger partial charge on any atom is 0.230 e. The van der Waals surface area contributed by atoms with Gasteiger partial charge in [0.15, 0.2) is 16.7 Å². The first-order valence-electron chi connectivity index (χ1n) is 11.1. The third-order valence-electron chi connectivity index (χ3n) is 5.11. The minimum atomic E-state index is 0.000343. The van der Waals surface area contributed by atoms with E-state index < -0.39 is 0 Å². The van der Waals surface area contributed by atoms with Crippen molar-refractivity contribution in [3.63, 3.8) is 0 Å². The van der Waals surface area contributed by atoms with Crippen LogP contribution in [0, 0.1) is 5.92 Å². The van der Waals surface area contributed by atoms with Gasteiger partial charge in [-0.25, -0.2) is 9.97 Å². The zero-order valence-corrected chi connectivity index (χ0v) is 20.5. The van der Waals surface area contributed by atoms with Crippen LogP contribution in [0.4, 0.5) is 5.82 Å². The topological polar surface area (TPSA) is 85.4 Å². The fourth-order valence-corrected chi connectivity index (χ4v) is 3.98. The van der Waals surface area contributed by atoms with Crippen LogP contribution in [0.2, 0.25) is 0 Å². The zero-order valence-electron chi connectivity index (χ0n) is 19.7. The Balaban J connectivity index is 1.65. The summed E-state index contributed by atoms with van der Waals surface area (Å²) in [7, 11) is 3.26. The number of ether oxygens (including phenoxy) is 2. The highest BCUT2D eigenvalue weighted by Gasteiger charge is 2.11. The van der Waals surface area contributed by atoms with Crippen LogP contribution in [-0.2, 0) is 11.2 Å². The molecule has 1 amide bonds. The summed E-state index contributed by atoms with van der Waals surface area (Å²) >= 11 is 1.35. The van der Waals surface area contributed by atoms with Gasteiger partial charge in [0.1, 0.15) is 5.82 Å². The second-order valence-corrected chi connectivity index (χ2v) is 9.00. The number of nitrogens with zero attached hydrogens (tertiary/aromatic N) is 2. The monoisotopic (exact) mass is 468 g/mol. The molecule has 0 atom stereocenters. The number of thioether (sulfide) groups is 1. The predicted octanol–water partition coefficient (Wildman–Crippen LogP) is 4.56. The van der Waals surface area contributed by atoms with E-state index in [4.69, 9.17) is 9.47 Å². The van der Waals surface area contributed by atoms with E-state index in [1.807, 2.05) is 42.5 Å². The molecule has 0 radical (unpaired) electrons. The van der Waals surface area contributed by atoms with Crippen LogP contribution in [0.5, 0.6) is 11.5 Å². The van der Waals surface area contributed by atoms with Crippen molar-refractivity contribution in [2.45, 2.75) is 31.8 Å². The SMILES string of the molecule is COc1ccc(CCNc2nc(SCC(=O)NCCC(C)C)nc3ccccc23)cc1OC. The Hall–Kier alpha value is -3.00. The molecule has 0 saturated carbocycles. The quantitative estimate of drug-likeness (QED) is 0.298. The number of fused-ring (bicyclic) bond motifs is 1. The van der Waals surface area contributed by atoms with Crippen molar-refractivity contribution in [2.75, 3.05) is 38.4 Å². The lowest BCUT2D eigenvalue weighted by atomic mass is 10.1. The van der Waals surface area contributed by atoms with Crippen LogP contribution < -0.4 is 20.1 Å². The Labute approximate surface area is 199 Å². The Morgan fingerprint density at radius 1 is 1.03 bits per heavy atom. The molecule has 1 heterocycles. The molecular formula is C25H32N4O3S. The van der Waals surface area contributed by atoms with Gasteiger partial charge in [0.25, 0.3) is 0 Å². The van der Waals surface area contributed by atoms with Crippen molar-refractivity contribution < 1.29 is 14.3 Å². The zero-order chi connectivity index (χ0) is 23.6. The van der Waals surface area contributed by atoms with E-state index in [0.717, 1.165) is 35.1 Å². The van der Waals surface area contributed by atoms with Crippen molar-refractivity contribution >= 4 is 34.4 Å². The minimum Gasteiger partial charge on any atom is -0.493 e. The maximum atomic E-state index is 12.2. The third kappa shape index (κ3) is 7.25. The number of methoxy groups -OCH3 is 2. The summed E-state index contributed by atoms with van der Waals surface area (Å²) in [6.45, 7) is 5.67. The van der Waals surface area contributed by atoms with Crippen LogP contribution in [0.25, 0.3) is 10.9 Å². The summed E-state index contributed by atoms with van der Waals surface area (Å²) in [6.07, 6.45) is 1.76. The largest absolute Gasteiger partial charge is 0.493 e. The number of carbonyl (C=O) groups is 1. The van der Waals surface area contributed by atoms with Crippen LogP contribution in [-0.4, -0.2) is 48.9 Å². The molecule has 0 fully saturated rings. The maximum absolute atomic E-state index is 12.2. The van der Waals surface area contributed by atoms with Gasteiger partial charge in [-0.3, -0.25) is 4.79 Å². The summed E-state index contributed by atoms with van der Waals surface area (Å²) in [5, 5.41) is 7.93. The van der Waals surface area contributed by atoms with E-state index in [9.17, 15) is 4.79 Å². The Bertz CT molecular complexity index is 1070. The average molecular weight is 469 g/mol. The first-order valence-corrected chi connectivity index (χ1v) is 12.1. The highest BCUT2D eigenvalue weighted by atomic mass is 32.2. The fourth-order valence-electron chi connectivity index (χ4n) is 3.30. The highest BCUT2D eigenvalue weighted by Crippen LogP contribution is 2.28. The first-order chi connectivity index (χ1) is 16.0. The van der Waals surface area contributed by atoms with Crippen LogP contribution in [0.3, 0.4) is 0 Å². The second kappa shape index (κ2) is 12.3. The van der Waals surface area contributed by atoms with Gasteiger partial charge < -0.3 is 20.1 Å². The number of amides is 1. The summed E-state index contributed by atoms with van der Waals surface area (Å²) in [6, 6.07) is 13.8. The number of anilines is 1. The smallest absolute Gasteiger partial charge is 0.230 e. The minimum absolute atomic E-state index is 0.000343. The van der Waals surface area contributed by atoms with Crippen LogP contribution in [0.1, 0.15) is 25.8 Å². The molecule has 3 aromatic rings. The van der Waals surface area contributed by atoms with Crippen molar-refractivity contribution in [1.29, 1.82) is 0 Å². The second-order valence-electron chi connectivity index (χ2n) is 8.06. The molecule has 3 rings (SSSR count). The van der Waals surface area contributed by atoms with E-state index in [1.54, 1.807) is 14.2 Å². The Morgan fingerprint density at radius 2 is 1.82 bits per heavy atom. The number of hydrogen-bond acceptors (Lipinski definition) is 7. The molecule has 0 saturated heterocycles. The van der Waals surface area contributed by atoms with Crippen molar-refractivity contribution in [3.8, 4) is 11.5 Å². The number of rotatable bonds is 12. The molecular weight excluding hydrogens is 436 g/mol. The van der Waals surface area contributed by atoms with E-state index in [0.29, 0.717) is 41.4 Å². The number of carbonyl (C=O) groups excluding carboxylic acids is 1. The molecule has 0 unspecified atom stereocenters. The van der Waals surface area contributed by atoms with E-state index in [2.05, 4.69) is 34.4 Å². The molecule has 0 aliphatic carbocycles. The summed E-state index contributed by atoms with van der Waals surface area (Å²) in [4.78, 5) is 21.5. The molecule has 1 aromatic heterocycles. The fraction of sp³-hybridized carbons (Fsp3) is 0.400. The van der Waals surface area contributed by atoms with Gasteiger partial charge in [-0.15, -0.1) is 0 Å². The number of aromatic nitrogens is 2. The lowest BCUT2D eigenvalue weighted by molar-refractivity contribution is -0.118. The molecule has 33 heavy (non-hydrogen) atoms. The van der Waals surface area contributed by atoms with Crippen LogP contribution in [0.15, 0.2) is 47.6 Å². The molecule has 2 aromatic carbocycles. The Kier molecular flexibility index (Phi) is 9.18. The Morgan fingerprint density at radius 3 is 2.58 bits per heavy atom. The molecule has 0 bridgehead atoms. The van der Waals surface area contributed by atoms with Crippen LogP contribution >= 0.6 is 11.8 Å². The van der Waals surface area contributed by atoms with E-state index >= 15 is 0 Å². The highest BCUT2D eigenvalue weighted by molar-refractivity contribution is 7.99. The van der Waals surface area contributed by atoms with Crippen molar-refractivity contribution in [3.05, 3.63) is 48.0 Å². The molecule has 2 N–H and O–H groups in total. The number of hydrogen-bond donors (Lipinski definition) is 2. The lowest BCUT2D eigenvalue weighted by Gasteiger charge is -2.12. The number of nitrogens with one attached hydrogen (secondary N) is 2. The van der Waals surface area contributed by atoms with Gasteiger partial charge >= 0.3 is 0 Å². The number of benzene rings is 2. The predicted molar refractivity (Wildman–Crippen MR) is 134 cm³/mol. The number of para-hydroxylation sites is 1. The van der Waals surface area contributed by atoms with E-state index in [-0.39, 0.29) is 5.91 Å². The first kappa shape index (κ1) is 24.6. The standard InChI is InChI=1S/C25H32N4O3S/c1-17(2)11-13-26-23(30)16-33-25-28-20-8-6-5-7-19(20)24(29-25)27-14-12-18-9-10-21(31-3)22(15-18)32-4/h5-10,15,17H,11-14,16H2,1-4H3,(H,26,30)(H,27,28,29). The van der Waals surface area contributed by atoms with Crippen molar-refractivity contribution in [1.82, 2.24) is 15.3 Å². The van der Waals surface area contributed by atoms with Gasteiger partial charge in [0.2, 0.25) is 5.91 Å². The summed E-state index contributed by atoms with van der Waals surface area (Å²) in [5.41, 5.74) is 1.98. The van der Waals surface area contributed by atoms with Gasteiger partial charge in [0, 0.05) is 18.5 Å². The van der Waals surface area contributed by atoms with Gasteiger partial charge in [-0.1, -0.05) is 43.8 Å². The molecule has 0 aliphatic rings. The van der Waals surface area contributed by atoms with E-state index in [1.165, 1.54) is 11.8 Å². The summed E-state index contributed by atoms with van der Waals surface area (Å²) < 4.78 is 10.7. The summed E-state index contributed by atoms with van der Waals surface area (Å²) in [5.74, 6) is 3.05. The van der Waals surface area contributed by atoms with Gasteiger partial charge in [0.05, 0.1) is 25.5 Å². The molecule has 176 valence electrons. The molecule has 8 heteroatoms. The lowest BCUT2D eigenvalue weighted by Crippen LogP contribution is -2.27. The van der Waals surface area contributed by atoms with Gasteiger partial charge in [-0.05, 0) is 48.6 Å². The molecule has 7 nitrogen and oxygen atoms in total. The van der Waals surface area contributed by atoms with Crippen molar-refractivity contribution in [2.24, 2.45) is 5.92 Å². The molecule has 0 spiro atoms. The third-order valence-corrected chi connectivity index (χ3v) is 5.96.